The minimum Gasteiger partial charge on any atom is -0.456 e. The van der Waals surface area contributed by atoms with Crippen LogP contribution in [0.25, 0.3) is 77.4 Å². The highest BCUT2D eigenvalue weighted by molar-refractivity contribution is 6.07. The molecular formula is C47H30N2O2. The number of furan rings is 2. The fraction of sp³-hybridized carbons (Fsp3) is 0. The maximum absolute atomic E-state index is 6.30. The van der Waals surface area contributed by atoms with Crippen molar-refractivity contribution in [3.63, 3.8) is 0 Å². The molecule has 0 spiro atoms. The summed E-state index contributed by atoms with van der Waals surface area (Å²) in [5.74, 6) is 0. The molecule has 0 radical (unpaired) electrons. The van der Waals surface area contributed by atoms with Gasteiger partial charge in [-0.05, 0) is 113 Å². The standard InChI is InChI=1S/C47H30N2O2/c1-3-11-36(12-4-1)49(37-13-5-2-6-14-37)38-21-24-43(48-30-38)35-26-33(31-19-22-41-39-15-7-9-17-44(39)50-46(41)28-31)25-34(27-35)32-20-23-42-40-16-8-10-18-45(40)51-47(42)29-32/h1-30H. The summed E-state index contributed by atoms with van der Waals surface area (Å²) in [4.78, 5) is 7.30. The van der Waals surface area contributed by atoms with E-state index in [1.165, 1.54) is 0 Å². The predicted octanol–water partition coefficient (Wildman–Crippen LogP) is 13.4. The summed E-state index contributed by atoms with van der Waals surface area (Å²) in [6, 6.07) is 61.1. The summed E-state index contributed by atoms with van der Waals surface area (Å²) >= 11 is 0. The molecule has 0 aliphatic rings. The van der Waals surface area contributed by atoms with Crippen LogP contribution in [0.15, 0.2) is 191 Å². The lowest BCUT2D eigenvalue weighted by molar-refractivity contribution is 0.668. The summed E-state index contributed by atoms with van der Waals surface area (Å²) < 4.78 is 12.6. The number of benzene rings is 7. The van der Waals surface area contributed by atoms with Gasteiger partial charge in [0.15, 0.2) is 0 Å². The molecule has 4 nitrogen and oxygen atoms in total. The SMILES string of the molecule is c1ccc(N(c2ccccc2)c2ccc(-c3cc(-c4ccc5c(c4)oc4ccccc45)cc(-c4ccc5c(c4)oc4ccccc45)c3)nc2)cc1. The van der Waals surface area contributed by atoms with Gasteiger partial charge < -0.3 is 13.7 Å². The Morgan fingerprint density at radius 1 is 0.333 bits per heavy atom. The van der Waals surface area contributed by atoms with E-state index < -0.39 is 0 Å². The van der Waals surface area contributed by atoms with Gasteiger partial charge in [0.05, 0.1) is 17.6 Å². The van der Waals surface area contributed by atoms with Gasteiger partial charge in [0.25, 0.3) is 0 Å². The summed E-state index contributed by atoms with van der Waals surface area (Å²) in [7, 11) is 0. The molecule has 10 aromatic rings. The van der Waals surface area contributed by atoms with Crippen LogP contribution in [0, 0.1) is 0 Å². The van der Waals surface area contributed by atoms with Crippen LogP contribution in [0.4, 0.5) is 17.1 Å². The average molecular weight is 655 g/mol. The first-order valence-electron chi connectivity index (χ1n) is 17.1. The number of aromatic nitrogens is 1. The van der Waals surface area contributed by atoms with Crippen molar-refractivity contribution in [2.45, 2.75) is 0 Å². The van der Waals surface area contributed by atoms with Crippen LogP contribution in [0.3, 0.4) is 0 Å². The van der Waals surface area contributed by atoms with E-state index in [4.69, 9.17) is 13.8 Å². The third kappa shape index (κ3) is 5.13. The fourth-order valence-corrected chi connectivity index (χ4v) is 7.21. The number of para-hydroxylation sites is 4. The Balaban J connectivity index is 1.11. The molecule has 0 N–H and O–H groups in total. The molecule has 51 heavy (non-hydrogen) atoms. The second kappa shape index (κ2) is 11.9. The second-order valence-corrected chi connectivity index (χ2v) is 12.8. The Labute approximate surface area is 294 Å². The summed E-state index contributed by atoms with van der Waals surface area (Å²) in [5.41, 5.74) is 12.9. The van der Waals surface area contributed by atoms with Gasteiger partial charge in [-0.3, -0.25) is 4.98 Å². The number of anilines is 3. The van der Waals surface area contributed by atoms with Gasteiger partial charge in [-0.2, -0.15) is 0 Å². The average Bonchev–Trinajstić information content (AvgIpc) is 3.76. The van der Waals surface area contributed by atoms with Crippen LogP contribution < -0.4 is 4.90 Å². The van der Waals surface area contributed by atoms with E-state index in [0.717, 1.165) is 94.5 Å². The molecule has 7 aromatic carbocycles. The highest BCUT2D eigenvalue weighted by Crippen LogP contribution is 2.39. The quantitative estimate of drug-likeness (QED) is 0.179. The van der Waals surface area contributed by atoms with Gasteiger partial charge in [-0.25, -0.2) is 0 Å². The third-order valence-electron chi connectivity index (χ3n) is 9.69. The van der Waals surface area contributed by atoms with Crippen LogP contribution in [-0.4, -0.2) is 4.98 Å². The summed E-state index contributed by atoms with van der Waals surface area (Å²) in [6.07, 6.45) is 1.96. The van der Waals surface area contributed by atoms with Crippen molar-refractivity contribution in [1.82, 2.24) is 4.98 Å². The molecule has 3 aromatic heterocycles. The Kier molecular flexibility index (Phi) is 6.78. The Hall–Kier alpha value is -6.91. The van der Waals surface area contributed by atoms with E-state index in [0.29, 0.717) is 0 Å². The molecule has 240 valence electrons. The minimum atomic E-state index is 0.869. The number of pyridine rings is 1. The van der Waals surface area contributed by atoms with E-state index in [1.807, 2.05) is 42.6 Å². The van der Waals surface area contributed by atoms with Gasteiger partial charge in [0.2, 0.25) is 0 Å². The molecule has 0 amide bonds. The summed E-state index contributed by atoms with van der Waals surface area (Å²) in [5, 5.41) is 4.47. The lowest BCUT2D eigenvalue weighted by Crippen LogP contribution is -2.10. The molecule has 0 fully saturated rings. The second-order valence-electron chi connectivity index (χ2n) is 12.8. The van der Waals surface area contributed by atoms with Crippen molar-refractivity contribution in [3.05, 3.63) is 182 Å². The van der Waals surface area contributed by atoms with Crippen molar-refractivity contribution in [1.29, 1.82) is 0 Å². The van der Waals surface area contributed by atoms with E-state index >= 15 is 0 Å². The van der Waals surface area contributed by atoms with Crippen LogP contribution in [0.1, 0.15) is 0 Å². The van der Waals surface area contributed by atoms with Crippen molar-refractivity contribution < 1.29 is 8.83 Å². The number of nitrogens with zero attached hydrogens (tertiary/aromatic N) is 2. The Morgan fingerprint density at radius 3 is 1.31 bits per heavy atom. The molecule has 0 aliphatic heterocycles. The molecule has 0 saturated heterocycles. The van der Waals surface area contributed by atoms with Crippen molar-refractivity contribution in [2.75, 3.05) is 4.90 Å². The zero-order valence-corrected chi connectivity index (χ0v) is 27.5. The van der Waals surface area contributed by atoms with Gasteiger partial charge in [0, 0.05) is 38.5 Å². The predicted molar refractivity (Wildman–Crippen MR) is 210 cm³/mol. The van der Waals surface area contributed by atoms with Gasteiger partial charge in [-0.1, -0.05) is 84.9 Å². The molecule has 0 aliphatic carbocycles. The molecule has 3 heterocycles. The molecule has 10 rings (SSSR count). The van der Waals surface area contributed by atoms with E-state index in [9.17, 15) is 0 Å². The van der Waals surface area contributed by atoms with Crippen LogP contribution in [0.2, 0.25) is 0 Å². The van der Waals surface area contributed by atoms with E-state index in [-0.39, 0.29) is 0 Å². The zero-order valence-electron chi connectivity index (χ0n) is 27.5. The number of rotatable bonds is 6. The van der Waals surface area contributed by atoms with Crippen molar-refractivity contribution >= 4 is 60.9 Å². The van der Waals surface area contributed by atoms with Crippen molar-refractivity contribution in [3.8, 4) is 33.5 Å². The molecule has 0 saturated carbocycles. The number of fused-ring (bicyclic) bond motifs is 6. The van der Waals surface area contributed by atoms with Crippen LogP contribution in [0.5, 0.6) is 0 Å². The normalized spacial score (nSPS) is 11.5. The maximum Gasteiger partial charge on any atom is 0.136 e. The molecule has 0 bridgehead atoms. The Bertz CT molecular complexity index is 2680. The van der Waals surface area contributed by atoms with E-state index in [1.54, 1.807) is 0 Å². The van der Waals surface area contributed by atoms with Gasteiger partial charge >= 0.3 is 0 Å². The zero-order chi connectivity index (χ0) is 33.7. The topological polar surface area (TPSA) is 42.4 Å². The first-order chi connectivity index (χ1) is 25.2. The molecule has 0 atom stereocenters. The molecule has 4 heteroatoms. The minimum absolute atomic E-state index is 0.869. The highest BCUT2D eigenvalue weighted by Gasteiger charge is 2.16. The number of hydrogen-bond acceptors (Lipinski definition) is 4. The smallest absolute Gasteiger partial charge is 0.136 e. The van der Waals surface area contributed by atoms with Crippen LogP contribution >= 0.6 is 0 Å². The first kappa shape index (κ1) is 29.0. The molecular weight excluding hydrogens is 625 g/mol. The van der Waals surface area contributed by atoms with Crippen LogP contribution in [-0.2, 0) is 0 Å². The largest absolute Gasteiger partial charge is 0.456 e. The fourth-order valence-electron chi connectivity index (χ4n) is 7.21. The first-order valence-corrected chi connectivity index (χ1v) is 17.1. The monoisotopic (exact) mass is 654 g/mol. The van der Waals surface area contributed by atoms with Crippen molar-refractivity contribution in [2.24, 2.45) is 0 Å². The van der Waals surface area contributed by atoms with Gasteiger partial charge in [0.1, 0.15) is 22.3 Å². The lowest BCUT2D eigenvalue weighted by atomic mass is 9.94. The lowest BCUT2D eigenvalue weighted by Gasteiger charge is -2.25. The van der Waals surface area contributed by atoms with E-state index in [2.05, 4.69) is 144 Å². The molecule has 0 unspecified atom stereocenters. The van der Waals surface area contributed by atoms with Gasteiger partial charge in [-0.15, -0.1) is 0 Å². The summed E-state index contributed by atoms with van der Waals surface area (Å²) in [6.45, 7) is 0. The number of hydrogen-bond donors (Lipinski definition) is 0. The highest BCUT2D eigenvalue weighted by atomic mass is 16.3. The maximum atomic E-state index is 6.30. The Morgan fingerprint density at radius 2 is 0.804 bits per heavy atom. The third-order valence-corrected chi connectivity index (χ3v) is 9.69.